The number of hydrogen-bond acceptors (Lipinski definition) is 8. The molecule has 3 N–H and O–H groups in total. The van der Waals surface area contributed by atoms with Crippen LogP contribution in [0.1, 0.15) is 64.7 Å². The molecule has 0 saturated heterocycles. The van der Waals surface area contributed by atoms with E-state index in [2.05, 4.69) is 6.92 Å². The molecule has 9 heteroatoms. The number of aliphatic hydroxyl groups excluding tert-OH is 1. The van der Waals surface area contributed by atoms with E-state index in [0.29, 0.717) is 44.9 Å². The predicted molar refractivity (Wildman–Crippen MR) is 110 cm³/mol. The molecule has 0 aromatic heterocycles. The first-order valence-electron chi connectivity index (χ1n) is 11.8. The van der Waals surface area contributed by atoms with E-state index in [1.807, 2.05) is 0 Å². The highest BCUT2D eigenvalue weighted by Crippen LogP contribution is 2.70. The molecule has 32 heavy (non-hydrogen) atoms. The van der Waals surface area contributed by atoms with Gasteiger partial charge in [0.2, 0.25) is 0 Å². The normalized spacial score (nSPS) is 50.0. The molecule has 1 aliphatic heterocycles. The zero-order valence-corrected chi connectivity index (χ0v) is 18.5. The molecule has 0 aromatic carbocycles. The number of ether oxygens (including phenoxy) is 1. The highest BCUT2D eigenvalue weighted by Gasteiger charge is 2.71. The van der Waals surface area contributed by atoms with E-state index in [0.717, 1.165) is 12.0 Å². The van der Waals surface area contributed by atoms with Gasteiger partial charge in [0.25, 0.3) is 5.09 Å². The number of carbonyl (C=O) groups is 1. The van der Waals surface area contributed by atoms with Gasteiger partial charge in [-0.25, -0.2) is 4.79 Å². The molecule has 4 fully saturated rings. The first-order chi connectivity index (χ1) is 15.0. The third-order valence-corrected chi connectivity index (χ3v) is 10.2. The fourth-order valence-corrected chi connectivity index (χ4v) is 8.65. The fraction of sp³-hybridized carbons (Fsp3) is 0.870. The minimum atomic E-state index is -1.25. The monoisotopic (exact) mass is 451 g/mol. The Kier molecular flexibility index (Phi) is 4.93. The number of fused-ring (bicyclic) bond motifs is 5. The van der Waals surface area contributed by atoms with Crippen molar-refractivity contribution >= 4 is 5.97 Å². The maximum atomic E-state index is 12.2. The van der Waals surface area contributed by atoms with E-state index in [9.17, 15) is 30.2 Å². The van der Waals surface area contributed by atoms with Crippen molar-refractivity contribution in [1.82, 2.24) is 0 Å². The molecule has 4 saturated carbocycles. The Bertz CT molecular complexity index is 861. The van der Waals surface area contributed by atoms with Crippen molar-refractivity contribution < 1.29 is 34.8 Å². The number of rotatable bonds is 4. The smallest absolute Gasteiger partial charge is 0.331 e. The summed E-state index contributed by atoms with van der Waals surface area (Å²) in [6.45, 7) is 2.17. The third-order valence-electron chi connectivity index (χ3n) is 10.2. The molecular formula is C23H33NO8. The first kappa shape index (κ1) is 22.1. The van der Waals surface area contributed by atoms with E-state index >= 15 is 0 Å². The van der Waals surface area contributed by atoms with Crippen molar-refractivity contribution in [3.8, 4) is 0 Å². The van der Waals surface area contributed by atoms with Gasteiger partial charge >= 0.3 is 5.97 Å². The highest BCUT2D eigenvalue weighted by atomic mass is 16.9. The van der Waals surface area contributed by atoms with Crippen LogP contribution >= 0.6 is 0 Å². The van der Waals surface area contributed by atoms with E-state index in [1.165, 1.54) is 0 Å². The average Bonchev–Trinajstić information content (AvgIpc) is 3.26. The van der Waals surface area contributed by atoms with Crippen LogP contribution in [0.2, 0.25) is 0 Å². The zero-order valence-electron chi connectivity index (χ0n) is 18.5. The van der Waals surface area contributed by atoms with Gasteiger partial charge in [-0.05, 0) is 74.7 Å². The minimum Gasteiger partial charge on any atom is -0.458 e. The Balaban J connectivity index is 1.51. The van der Waals surface area contributed by atoms with E-state index in [-0.39, 0.29) is 43.4 Å². The van der Waals surface area contributed by atoms with Crippen LogP contribution in [-0.4, -0.2) is 56.9 Å². The lowest BCUT2D eigenvalue weighted by molar-refractivity contribution is -0.762. The fourth-order valence-electron chi connectivity index (χ4n) is 8.65. The molecule has 0 radical (unpaired) electrons. The van der Waals surface area contributed by atoms with Crippen LogP contribution in [0.3, 0.4) is 0 Å². The first-order valence-corrected chi connectivity index (χ1v) is 11.8. The van der Waals surface area contributed by atoms with Crippen molar-refractivity contribution in [3.05, 3.63) is 21.8 Å². The lowest BCUT2D eigenvalue weighted by Gasteiger charge is -2.66. The molecule has 0 amide bonds. The predicted octanol–water partition coefficient (Wildman–Crippen LogP) is 1.91. The van der Waals surface area contributed by atoms with Crippen LogP contribution in [0.25, 0.3) is 0 Å². The quantitative estimate of drug-likeness (QED) is 0.335. The van der Waals surface area contributed by atoms with Crippen molar-refractivity contribution in [2.75, 3.05) is 13.2 Å². The number of carbonyl (C=O) groups excluding carboxylic acids is 1. The number of hydrogen-bond donors (Lipinski definition) is 3. The third kappa shape index (κ3) is 2.83. The van der Waals surface area contributed by atoms with Crippen LogP contribution in [0.5, 0.6) is 0 Å². The molecule has 0 bridgehead atoms. The molecule has 5 rings (SSSR count). The second-order valence-electron chi connectivity index (χ2n) is 11.1. The Labute approximate surface area is 186 Å². The van der Waals surface area contributed by atoms with Gasteiger partial charge in [0.05, 0.1) is 17.3 Å². The van der Waals surface area contributed by atoms with Gasteiger partial charge in [-0.2, -0.15) is 0 Å². The summed E-state index contributed by atoms with van der Waals surface area (Å²) >= 11 is 0. The van der Waals surface area contributed by atoms with Gasteiger partial charge in [0.1, 0.15) is 13.2 Å². The molecular weight excluding hydrogens is 418 g/mol. The van der Waals surface area contributed by atoms with Crippen LogP contribution in [0.15, 0.2) is 11.6 Å². The number of nitrogens with zero attached hydrogens (tertiary/aromatic N) is 1. The van der Waals surface area contributed by atoms with Crippen molar-refractivity contribution in [1.29, 1.82) is 0 Å². The Morgan fingerprint density at radius 3 is 2.59 bits per heavy atom. The second kappa shape index (κ2) is 7.14. The van der Waals surface area contributed by atoms with Crippen LogP contribution in [0, 0.1) is 38.7 Å². The molecule has 5 aliphatic rings. The van der Waals surface area contributed by atoms with Gasteiger partial charge in [-0.3, -0.25) is 0 Å². The summed E-state index contributed by atoms with van der Waals surface area (Å²) in [7, 11) is 0. The molecule has 8 atom stereocenters. The summed E-state index contributed by atoms with van der Waals surface area (Å²) < 4.78 is 5.16. The van der Waals surface area contributed by atoms with Crippen LogP contribution < -0.4 is 0 Å². The number of aliphatic hydroxyl groups is 3. The Morgan fingerprint density at radius 1 is 1.16 bits per heavy atom. The number of cyclic esters (lactones) is 1. The Hall–Kier alpha value is -1.71. The topological polar surface area (TPSA) is 139 Å². The Morgan fingerprint density at radius 2 is 1.91 bits per heavy atom. The summed E-state index contributed by atoms with van der Waals surface area (Å²) in [5.74, 6) is -0.538. The van der Waals surface area contributed by atoms with Crippen molar-refractivity contribution in [2.24, 2.45) is 28.6 Å². The summed E-state index contributed by atoms with van der Waals surface area (Å²) in [6, 6.07) is 0. The van der Waals surface area contributed by atoms with E-state index in [1.54, 1.807) is 6.08 Å². The average molecular weight is 452 g/mol. The lowest BCUT2D eigenvalue weighted by Crippen LogP contribution is -2.69. The summed E-state index contributed by atoms with van der Waals surface area (Å²) in [4.78, 5) is 27.7. The van der Waals surface area contributed by atoms with Crippen LogP contribution in [-0.2, 0) is 14.4 Å². The maximum Gasteiger partial charge on any atom is 0.331 e. The molecule has 4 aliphatic carbocycles. The molecule has 0 unspecified atom stereocenters. The molecule has 1 heterocycles. The van der Waals surface area contributed by atoms with Gasteiger partial charge in [-0.1, -0.05) is 6.92 Å². The standard InChI is InChI=1S/C23H33NO8/c1-20-6-3-17-18(23(20,28)9-5-16(20)14-10-19(26)31-12-14)4-8-22(27)11-15(25)2-7-21(17,22)13-32-24(29)30/h10,15-18,25,27-28H,2-9,11-13H2,1H3/t15-,16+,17-,18+,20+,21+,22-,23+/m1/s1. The van der Waals surface area contributed by atoms with Gasteiger partial charge in [0, 0.05) is 23.3 Å². The molecule has 0 spiro atoms. The van der Waals surface area contributed by atoms with Gasteiger partial charge in [-0.15, -0.1) is 10.1 Å². The lowest BCUT2D eigenvalue weighted by atomic mass is 9.41. The van der Waals surface area contributed by atoms with Crippen molar-refractivity contribution in [2.45, 2.75) is 82.0 Å². The summed E-state index contributed by atoms with van der Waals surface area (Å²) in [5, 5.41) is 44.5. The van der Waals surface area contributed by atoms with Gasteiger partial charge in [0.15, 0.2) is 0 Å². The summed E-state index contributed by atoms with van der Waals surface area (Å²) in [5.41, 5.74) is -2.60. The maximum absolute atomic E-state index is 12.2. The minimum absolute atomic E-state index is 0.0554. The van der Waals surface area contributed by atoms with Crippen molar-refractivity contribution in [3.63, 3.8) is 0 Å². The second-order valence-corrected chi connectivity index (χ2v) is 11.1. The van der Waals surface area contributed by atoms with E-state index in [4.69, 9.17) is 9.57 Å². The molecule has 0 aromatic rings. The van der Waals surface area contributed by atoms with E-state index < -0.39 is 33.2 Å². The SMILES string of the molecule is C[C@@]12CC[C@@H]3[C@H](CC[C@@]4(O)C[C@H](O)CC[C@]34CO[N+](=O)[O-])[C@@]1(O)CC[C@H]2C1=CC(=O)OC1. The van der Waals surface area contributed by atoms with Crippen LogP contribution in [0.4, 0.5) is 0 Å². The highest BCUT2D eigenvalue weighted by molar-refractivity contribution is 5.85. The van der Waals surface area contributed by atoms with Gasteiger partial charge < -0.3 is 24.9 Å². The molecule has 9 nitrogen and oxygen atoms in total. The zero-order chi connectivity index (χ0) is 22.9. The largest absolute Gasteiger partial charge is 0.458 e. The molecule has 178 valence electrons. The number of esters is 1. The summed E-state index contributed by atoms with van der Waals surface area (Å²) in [6.07, 6.45) is 5.74.